The Labute approximate surface area is 123 Å². The van der Waals surface area contributed by atoms with Crippen LogP contribution in [0, 0.1) is 6.92 Å². The lowest BCUT2D eigenvalue weighted by atomic mass is 9.81. The lowest BCUT2D eigenvalue weighted by molar-refractivity contribution is -0.145. The normalized spacial score (nSPS) is 17.7. The lowest BCUT2D eigenvalue weighted by Gasteiger charge is -2.33. The Morgan fingerprint density at radius 1 is 1.35 bits per heavy atom. The molecule has 1 saturated carbocycles. The number of aliphatic carboxylic acids is 1. The maximum absolute atomic E-state index is 12.3. The van der Waals surface area contributed by atoms with Gasteiger partial charge in [-0.2, -0.15) is 0 Å². The highest BCUT2D eigenvalue weighted by Crippen LogP contribution is 2.30. The van der Waals surface area contributed by atoms with Gasteiger partial charge in [0, 0.05) is 4.88 Å². The lowest BCUT2D eigenvalue weighted by Crippen LogP contribution is -2.55. The zero-order chi connectivity index (χ0) is 14.8. The fourth-order valence-electron chi connectivity index (χ4n) is 2.81. The minimum absolute atomic E-state index is 0.248. The van der Waals surface area contributed by atoms with Crippen LogP contribution in [-0.4, -0.2) is 22.5 Å². The summed E-state index contributed by atoms with van der Waals surface area (Å²) in [5, 5.41) is 12.3. The number of aryl methyl sites for hydroxylation is 2. The van der Waals surface area contributed by atoms with Crippen molar-refractivity contribution in [3.63, 3.8) is 0 Å². The van der Waals surface area contributed by atoms with Crippen LogP contribution in [0.4, 0.5) is 0 Å². The monoisotopic (exact) mass is 295 g/mol. The summed E-state index contributed by atoms with van der Waals surface area (Å²) in [4.78, 5) is 25.6. The molecule has 0 atom stereocenters. The van der Waals surface area contributed by atoms with E-state index < -0.39 is 11.5 Å². The van der Waals surface area contributed by atoms with Gasteiger partial charge in [-0.1, -0.05) is 26.2 Å². The molecule has 1 aliphatic rings. The highest BCUT2D eigenvalue weighted by Gasteiger charge is 2.41. The summed E-state index contributed by atoms with van der Waals surface area (Å²) in [7, 11) is 0. The Hall–Kier alpha value is -1.36. The largest absolute Gasteiger partial charge is 0.480 e. The summed E-state index contributed by atoms with van der Waals surface area (Å²) in [5.74, 6) is -1.16. The first-order chi connectivity index (χ1) is 9.48. The molecule has 0 bridgehead atoms. The second kappa shape index (κ2) is 5.95. The molecule has 5 heteroatoms. The van der Waals surface area contributed by atoms with Crippen LogP contribution in [-0.2, 0) is 11.2 Å². The van der Waals surface area contributed by atoms with E-state index in [1.807, 2.05) is 13.0 Å². The number of carbonyl (C=O) groups excluding carboxylic acids is 1. The molecule has 2 N–H and O–H groups in total. The number of carbonyl (C=O) groups is 2. The third-order valence-corrected chi connectivity index (χ3v) is 5.19. The van der Waals surface area contributed by atoms with Crippen molar-refractivity contribution in [1.82, 2.24) is 5.32 Å². The van der Waals surface area contributed by atoms with Gasteiger partial charge in [0.05, 0.1) is 4.88 Å². The summed E-state index contributed by atoms with van der Waals surface area (Å²) < 4.78 is 0. The highest BCUT2D eigenvalue weighted by atomic mass is 32.1. The Morgan fingerprint density at radius 2 is 2.00 bits per heavy atom. The standard InChI is InChI=1S/C15H21NO3S/c1-3-11-9-12(20-10(11)2)13(17)16-15(14(18)19)7-5-4-6-8-15/h9H,3-8H2,1-2H3,(H,16,17)(H,18,19). The summed E-state index contributed by atoms with van der Waals surface area (Å²) in [6.07, 6.45) is 4.70. The third-order valence-electron chi connectivity index (χ3n) is 4.09. The number of rotatable bonds is 4. The van der Waals surface area contributed by atoms with Gasteiger partial charge in [-0.15, -0.1) is 11.3 Å². The molecular weight excluding hydrogens is 274 g/mol. The maximum Gasteiger partial charge on any atom is 0.329 e. The second-order valence-corrected chi connectivity index (χ2v) is 6.70. The summed E-state index contributed by atoms with van der Waals surface area (Å²) in [6, 6.07) is 1.88. The van der Waals surface area contributed by atoms with Crippen molar-refractivity contribution in [2.45, 2.75) is 57.9 Å². The minimum atomic E-state index is -1.07. The molecule has 0 saturated heterocycles. The molecular formula is C15H21NO3S. The van der Waals surface area contributed by atoms with E-state index in [1.54, 1.807) is 0 Å². The first-order valence-electron chi connectivity index (χ1n) is 7.14. The smallest absolute Gasteiger partial charge is 0.329 e. The molecule has 2 rings (SSSR count). The first-order valence-corrected chi connectivity index (χ1v) is 7.95. The summed E-state index contributed by atoms with van der Waals surface area (Å²) in [5.41, 5.74) is 0.0905. The van der Waals surface area contributed by atoms with Gasteiger partial charge in [-0.05, 0) is 37.8 Å². The zero-order valence-corrected chi connectivity index (χ0v) is 12.8. The molecule has 1 aromatic rings. The predicted molar refractivity (Wildman–Crippen MR) is 79.4 cm³/mol. The SMILES string of the molecule is CCc1cc(C(=O)NC2(C(=O)O)CCCCC2)sc1C. The molecule has 0 radical (unpaired) electrons. The van der Waals surface area contributed by atoms with Gasteiger partial charge in [0.1, 0.15) is 5.54 Å². The molecule has 1 aromatic heterocycles. The molecule has 1 heterocycles. The van der Waals surface area contributed by atoms with E-state index in [2.05, 4.69) is 12.2 Å². The van der Waals surface area contributed by atoms with Crippen molar-refractivity contribution in [3.05, 3.63) is 21.4 Å². The van der Waals surface area contributed by atoms with Gasteiger partial charge in [0.15, 0.2) is 0 Å². The molecule has 20 heavy (non-hydrogen) atoms. The Kier molecular flexibility index (Phi) is 4.48. The van der Waals surface area contributed by atoms with Crippen LogP contribution in [0.25, 0.3) is 0 Å². The molecule has 0 aromatic carbocycles. The van der Waals surface area contributed by atoms with E-state index >= 15 is 0 Å². The number of hydrogen-bond donors (Lipinski definition) is 2. The van der Waals surface area contributed by atoms with Gasteiger partial charge in [-0.25, -0.2) is 4.79 Å². The molecule has 1 aliphatic carbocycles. The molecule has 1 amide bonds. The van der Waals surface area contributed by atoms with Gasteiger partial charge in [0.2, 0.25) is 0 Å². The Balaban J connectivity index is 2.17. The van der Waals surface area contributed by atoms with Crippen LogP contribution in [0.15, 0.2) is 6.07 Å². The molecule has 0 unspecified atom stereocenters. The minimum Gasteiger partial charge on any atom is -0.480 e. The van der Waals surface area contributed by atoms with Crippen LogP contribution >= 0.6 is 11.3 Å². The summed E-state index contributed by atoms with van der Waals surface area (Å²) in [6.45, 7) is 4.05. The Morgan fingerprint density at radius 3 is 2.50 bits per heavy atom. The Bertz CT molecular complexity index is 515. The van der Waals surface area contributed by atoms with Gasteiger partial charge < -0.3 is 10.4 Å². The highest BCUT2D eigenvalue weighted by molar-refractivity contribution is 7.14. The number of hydrogen-bond acceptors (Lipinski definition) is 3. The maximum atomic E-state index is 12.3. The van der Waals surface area contributed by atoms with Crippen LogP contribution in [0.1, 0.15) is 59.1 Å². The van der Waals surface area contributed by atoms with Crippen molar-refractivity contribution >= 4 is 23.2 Å². The molecule has 4 nitrogen and oxygen atoms in total. The molecule has 110 valence electrons. The fraction of sp³-hybridized carbons (Fsp3) is 0.600. The van der Waals surface area contributed by atoms with Crippen molar-refractivity contribution in [1.29, 1.82) is 0 Å². The number of amides is 1. The van der Waals surface area contributed by atoms with E-state index in [4.69, 9.17) is 0 Å². The topological polar surface area (TPSA) is 66.4 Å². The van der Waals surface area contributed by atoms with Crippen molar-refractivity contribution < 1.29 is 14.7 Å². The molecule has 1 fully saturated rings. The van der Waals surface area contributed by atoms with E-state index in [0.29, 0.717) is 17.7 Å². The van der Waals surface area contributed by atoms with E-state index in [9.17, 15) is 14.7 Å². The third kappa shape index (κ3) is 2.87. The fourth-order valence-corrected chi connectivity index (χ4v) is 3.82. The second-order valence-electron chi connectivity index (χ2n) is 5.45. The summed E-state index contributed by atoms with van der Waals surface area (Å²) >= 11 is 1.44. The van der Waals surface area contributed by atoms with Crippen molar-refractivity contribution in [3.8, 4) is 0 Å². The predicted octanol–water partition coefficient (Wildman–Crippen LogP) is 3.14. The van der Waals surface area contributed by atoms with Crippen molar-refractivity contribution in [2.75, 3.05) is 0 Å². The van der Waals surface area contributed by atoms with E-state index in [-0.39, 0.29) is 5.91 Å². The van der Waals surface area contributed by atoms with E-state index in [1.165, 1.54) is 11.3 Å². The average Bonchev–Trinajstić information content (AvgIpc) is 2.81. The van der Waals surface area contributed by atoms with Gasteiger partial charge in [0.25, 0.3) is 5.91 Å². The quantitative estimate of drug-likeness (QED) is 0.896. The average molecular weight is 295 g/mol. The van der Waals surface area contributed by atoms with Crippen LogP contribution in [0.5, 0.6) is 0 Å². The molecule has 0 aliphatic heterocycles. The van der Waals surface area contributed by atoms with E-state index in [0.717, 1.165) is 36.1 Å². The number of carboxylic acids is 1. The van der Waals surface area contributed by atoms with Gasteiger partial charge >= 0.3 is 5.97 Å². The first kappa shape index (κ1) is 15.0. The van der Waals surface area contributed by atoms with Crippen LogP contribution in [0.2, 0.25) is 0 Å². The number of nitrogens with one attached hydrogen (secondary N) is 1. The van der Waals surface area contributed by atoms with Crippen LogP contribution in [0.3, 0.4) is 0 Å². The molecule has 0 spiro atoms. The van der Waals surface area contributed by atoms with Crippen LogP contribution < -0.4 is 5.32 Å². The van der Waals surface area contributed by atoms with Gasteiger partial charge in [-0.3, -0.25) is 4.79 Å². The van der Waals surface area contributed by atoms with Crippen molar-refractivity contribution in [2.24, 2.45) is 0 Å². The number of thiophene rings is 1. The zero-order valence-electron chi connectivity index (χ0n) is 12.0. The number of carboxylic acid groups (broad SMARTS) is 1.